The van der Waals surface area contributed by atoms with Crippen LogP contribution >= 0.6 is 0 Å². The fourth-order valence-corrected chi connectivity index (χ4v) is 2.79. The zero-order chi connectivity index (χ0) is 17.6. The molecule has 2 heterocycles. The first-order chi connectivity index (χ1) is 12.2. The maximum absolute atomic E-state index is 12.5. The minimum atomic E-state index is -0.0787. The van der Waals surface area contributed by atoms with Crippen molar-refractivity contribution in [3.8, 4) is 11.5 Å². The Kier molecular flexibility index (Phi) is 5.42. The summed E-state index contributed by atoms with van der Waals surface area (Å²) in [6.45, 7) is 6.92. The summed E-state index contributed by atoms with van der Waals surface area (Å²) >= 11 is 0. The highest BCUT2D eigenvalue weighted by molar-refractivity contribution is 5.74. The van der Waals surface area contributed by atoms with E-state index in [4.69, 9.17) is 9.47 Å². The van der Waals surface area contributed by atoms with E-state index in [-0.39, 0.29) is 12.1 Å². The van der Waals surface area contributed by atoms with Crippen LogP contribution in [0.3, 0.4) is 0 Å². The number of rotatable bonds is 6. The highest BCUT2D eigenvalue weighted by atomic mass is 16.6. The van der Waals surface area contributed by atoms with Crippen LogP contribution in [0.4, 0.5) is 4.79 Å². The van der Waals surface area contributed by atoms with Gasteiger partial charge < -0.3 is 24.3 Å². The Morgan fingerprint density at radius 2 is 2.16 bits per heavy atom. The Morgan fingerprint density at radius 1 is 1.36 bits per heavy atom. The topological polar surface area (TPSA) is 68.6 Å². The van der Waals surface area contributed by atoms with Crippen molar-refractivity contribution in [3.05, 3.63) is 42.5 Å². The van der Waals surface area contributed by atoms with E-state index in [0.29, 0.717) is 32.8 Å². The minimum Gasteiger partial charge on any atom is -0.486 e. The molecule has 1 atom stereocenters. The Morgan fingerprint density at radius 3 is 2.88 bits per heavy atom. The minimum absolute atomic E-state index is 0.0102. The predicted octanol–water partition coefficient (Wildman–Crippen LogP) is 2.27. The third-order valence-corrected chi connectivity index (χ3v) is 4.06. The van der Waals surface area contributed by atoms with Crippen molar-refractivity contribution in [2.45, 2.75) is 33.0 Å². The number of hydrogen-bond donors (Lipinski definition) is 1. The molecule has 7 heteroatoms. The Bertz CT molecular complexity index is 702. The zero-order valence-corrected chi connectivity index (χ0v) is 14.6. The number of ether oxygens (including phenoxy) is 2. The molecule has 2 amide bonds. The normalized spacial score (nSPS) is 14.0. The van der Waals surface area contributed by atoms with Gasteiger partial charge in [0.25, 0.3) is 0 Å². The fourth-order valence-electron chi connectivity index (χ4n) is 2.79. The fraction of sp³-hybridized carbons (Fsp3) is 0.444. The molecule has 0 aliphatic carbocycles. The lowest BCUT2D eigenvalue weighted by molar-refractivity contribution is 0.171. The molecule has 1 aliphatic rings. The first kappa shape index (κ1) is 17.1. The molecule has 0 saturated carbocycles. The van der Waals surface area contributed by atoms with Crippen LogP contribution in [0.2, 0.25) is 0 Å². The smallest absolute Gasteiger partial charge is 0.317 e. The van der Waals surface area contributed by atoms with E-state index >= 15 is 0 Å². The summed E-state index contributed by atoms with van der Waals surface area (Å²) < 4.78 is 13.1. The molecule has 3 rings (SSSR count). The number of fused-ring (bicyclic) bond motifs is 1. The number of imidazole rings is 1. The summed E-state index contributed by atoms with van der Waals surface area (Å²) in [7, 11) is 0. The Labute approximate surface area is 147 Å². The number of nitrogens with zero attached hydrogens (tertiary/aromatic N) is 3. The molecule has 25 heavy (non-hydrogen) atoms. The molecule has 1 aromatic heterocycles. The van der Waals surface area contributed by atoms with Crippen molar-refractivity contribution >= 4 is 6.03 Å². The second-order valence-electron chi connectivity index (χ2n) is 6.10. The second kappa shape index (κ2) is 7.92. The van der Waals surface area contributed by atoms with Gasteiger partial charge in [-0.25, -0.2) is 9.78 Å². The lowest BCUT2D eigenvalue weighted by Gasteiger charge is -2.25. The van der Waals surface area contributed by atoms with Crippen LogP contribution in [-0.2, 0) is 13.1 Å². The molecule has 7 nitrogen and oxygen atoms in total. The van der Waals surface area contributed by atoms with E-state index in [1.54, 1.807) is 17.4 Å². The summed E-state index contributed by atoms with van der Waals surface area (Å²) in [5.74, 6) is 1.50. The van der Waals surface area contributed by atoms with Crippen molar-refractivity contribution in [3.63, 3.8) is 0 Å². The van der Waals surface area contributed by atoms with Crippen molar-refractivity contribution in [1.29, 1.82) is 0 Å². The molecule has 0 unspecified atom stereocenters. The van der Waals surface area contributed by atoms with E-state index in [1.807, 2.05) is 42.8 Å². The van der Waals surface area contributed by atoms with Gasteiger partial charge in [0, 0.05) is 38.1 Å². The standard InChI is InChI=1S/C18H24N4O3/c1-3-22(18(23)20-14(2)11-21-7-6-19-13-21)12-15-4-5-16-17(10-15)25-9-8-24-16/h4-7,10,13-14H,3,8-9,11-12H2,1-2H3,(H,20,23)/t14-/m1/s1. The van der Waals surface area contributed by atoms with Crippen LogP contribution in [0.15, 0.2) is 36.9 Å². The van der Waals surface area contributed by atoms with Crippen molar-refractivity contribution in [2.75, 3.05) is 19.8 Å². The van der Waals surface area contributed by atoms with Crippen LogP contribution in [0.1, 0.15) is 19.4 Å². The molecule has 0 saturated heterocycles. The molecule has 0 bridgehead atoms. The molecule has 1 N–H and O–H groups in total. The first-order valence-corrected chi connectivity index (χ1v) is 8.55. The van der Waals surface area contributed by atoms with E-state index in [9.17, 15) is 4.79 Å². The molecular formula is C18H24N4O3. The third kappa shape index (κ3) is 4.43. The van der Waals surface area contributed by atoms with Gasteiger partial charge in [-0.1, -0.05) is 6.07 Å². The van der Waals surface area contributed by atoms with Gasteiger partial charge in [-0.3, -0.25) is 0 Å². The van der Waals surface area contributed by atoms with Crippen molar-refractivity contribution < 1.29 is 14.3 Å². The number of carbonyl (C=O) groups is 1. The number of aromatic nitrogens is 2. The van der Waals surface area contributed by atoms with Gasteiger partial charge in [0.15, 0.2) is 11.5 Å². The molecule has 0 radical (unpaired) electrons. The summed E-state index contributed by atoms with van der Waals surface area (Å²) in [5, 5.41) is 3.03. The van der Waals surface area contributed by atoms with Crippen LogP contribution in [0, 0.1) is 0 Å². The molecule has 1 aromatic carbocycles. The SMILES string of the molecule is CCN(Cc1ccc2c(c1)OCCO2)C(=O)N[C@H](C)Cn1ccnc1. The van der Waals surface area contributed by atoms with E-state index in [1.165, 1.54) is 0 Å². The largest absolute Gasteiger partial charge is 0.486 e. The first-order valence-electron chi connectivity index (χ1n) is 8.55. The van der Waals surface area contributed by atoms with Gasteiger partial charge in [-0.15, -0.1) is 0 Å². The Hall–Kier alpha value is -2.70. The maximum atomic E-state index is 12.5. The summed E-state index contributed by atoms with van der Waals surface area (Å²) in [6.07, 6.45) is 5.36. The molecule has 0 fully saturated rings. The van der Waals surface area contributed by atoms with Gasteiger partial charge in [-0.2, -0.15) is 0 Å². The maximum Gasteiger partial charge on any atom is 0.317 e. The summed E-state index contributed by atoms with van der Waals surface area (Å²) in [5.41, 5.74) is 1.02. The quantitative estimate of drug-likeness (QED) is 0.873. The summed E-state index contributed by atoms with van der Waals surface area (Å²) in [6, 6.07) is 5.75. The van der Waals surface area contributed by atoms with Gasteiger partial charge in [0.05, 0.1) is 6.33 Å². The molecular weight excluding hydrogens is 320 g/mol. The van der Waals surface area contributed by atoms with E-state index < -0.39 is 0 Å². The van der Waals surface area contributed by atoms with Crippen LogP contribution in [0.25, 0.3) is 0 Å². The number of amides is 2. The monoisotopic (exact) mass is 344 g/mol. The molecule has 2 aromatic rings. The number of carbonyl (C=O) groups excluding carboxylic acids is 1. The lowest BCUT2D eigenvalue weighted by atomic mass is 10.2. The summed E-state index contributed by atoms with van der Waals surface area (Å²) in [4.78, 5) is 18.3. The number of hydrogen-bond acceptors (Lipinski definition) is 4. The average molecular weight is 344 g/mol. The predicted molar refractivity (Wildman–Crippen MR) is 93.7 cm³/mol. The van der Waals surface area contributed by atoms with Gasteiger partial charge in [-0.05, 0) is 31.5 Å². The van der Waals surface area contributed by atoms with Crippen LogP contribution in [0.5, 0.6) is 11.5 Å². The lowest BCUT2D eigenvalue weighted by Crippen LogP contribution is -2.44. The number of nitrogens with one attached hydrogen (secondary N) is 1. The number of benzene rings is 1. The second-order valence-corrected chi connectivity index (χ2v) is 6.10. The van der Waals surface area contributed by atoms with Crippen molar-refractivity contribution in [2.24, 2.45) is 0 Å². The highest BCUT2D eigenvalue weighted by Gasteiger charge is 2.17. The van der Waals surface area contributed by atoms with Crippen LogP contribution < -0.4 is 14.8 Å². The number of urea groups is 1. The molecule has 1 aliphatic heterocycles. The third-order valence-electron chi connectivity index (χ3n) is 4.06. The average Bonchev–Trinajstić information content (AvgIpc) is 3.12. The molecule has 0 spiro atoms. The Balaban J connectivity index is 1.58. The highest BCUT2D eigenvalue weighted by Crippen LogP contribution is 2.31. The van der Waals surface area contributed by atoms with Gasteiger partial charge in [0.2, 0.25) is 0 Å². The van der Waals surface area contributed by atoms with E-state index in [2.05, 4.69) is 10.3 Å². The van der Waals surface area contributed by atoms with E-state index in [0.717, 1.165) is 17.1 Å². The van der Waals surface area contributed by atoms with Gasteiger partial charge in [0.1, 0.15) is 13.2 Å². The molecule has 134 valence electrons. The van der Waals surface area contributed by atoms with Crippen LogP contribution in [-0.4, -0.2) is 46.3 Å². The zero-order valence-electron chi connectivity index (χ0n) is 14.6. The van der Waals surface area contributed by atoms with Crippen molar-refractivity contribution in [1.82, 2.24) is 19.8 Å². The van der Waals surface area contributed by atoms with Gasteiger partial charge >= 0.3 is 6.03 Å².